The van der Waals surface area contributed by atoms with Crippen molar-refractivity contribution in [3.05, 3.63) is 176 Å². The van der Waals surface area contributed by atoms with Gasteiger partial charge in [0.25, 0.3) is 0 Å². The van der Waals surface area contributed by atoms with E-state index in [4.69, 9.17) is 29.3 Å². The third-order valence-corrected chi connectivity index (χ3v) is 11.3. The van der Waals surface area contributed by atoms with Crippen molar-refractivity contribution in [2.45, 2.75) is 0 Å². The van der Waals surface area contributed by atoms with E-state index < -0.39 is 0 Å². The van der Waals surface area contributed by atoms with Gasteiger partial charge in [-0.3, -0.25) is 0 Å². The zero-order chi connectivity index (χ0) is 37.0. The Labute approximate surface area is 325 Å². The lowest BCUT2D eigenvalue weighted by molar-refractivity contribution is 0.669. The maximum absolute atomic E-state index is 6.57. The van der Waals surface area contributed by atoms with Crippen molar-refractivity contribution in [3.8, 4) is 67.9 Å². The average molecular weight is 736 g/mol. The number of aromatic nitrogens is 5. The second-order valence-corrected chi connectivity index (χ2v) is 14.7. The Morgan fingerprint density at radius 2 is 0.946 bits per heavy atom. The van der Waals surface area contributed by atoms with E-state index in [1.54, 1.807) is 11.3 Å². The van der Waals surface area contributed by atoms with Crippen LogP contribution in [0.15, 0.2) is 180 Å². The zero-order valence-corrected chi connectivity index (χ0v) is 30.6. The Balaban J connectivity index is 1.03. The number of fused-ring (bicyclic) bond motifs is 6. The summed E-state index contributed by atoms with van der Waals surface area (Å²) in [6.45, 7) is 0. The van der Waals surface area contributed by atoms with E-state index in [0.717, 1.165) is 82.2 Å². The molecule has 6 nitrogen and oxygen atoms in total. The van der Waals surface area contributed by atoms with Gasteiger partial charge in [-0.05, 0) is 41.5 Å². The molecule has 11 aromatic rings. The van der Waals surface area contributed by atoms with Gasteiger partial charge >= 0.3 is 0 Å². The summed E-state index contributed by atoms with van der Waals surface area (Å²) in [7, 11) is 0. The topological polar surface area (TPSA) is 77.6 Å². The van der Waals surface area contributed by atoms with Crippen LogP contribution in [0.3, 0.4) is 0 Å². The van der Waals surface area contributed by atoms with Gasteiger partial charge in [-0.1, -0.05) is 146 Å². The fraction of sp³-hybridized carbons (Fsp3) is 0. The second-order valence-electron chi connectivity index (χ2n) is 13.6. The molecule has 0 saturated heterocycles. The van der Waals surface area contributed by atoms with E-state index in [2.05, 4.69) is 91.0 Å². The maximum Gasteiger partial charge on any atom is 0.164 e. The van der Waals surface area contributed by atoms with Gasteiger partial charge in [0.1, 0.15) is 11.2 Å². The number of benzene rings is 7. The highest BCUT2D eigenvalue weighted by atomic mass is 32.1. The molecule has 0 aliphatic heterocycles. The van der Waals surface area contributed by atoms with Crippen LogP contribution in [-0.4, -0.2) is 24.9 Å². The van der Waals surface area contributed by atoms with Crippen molar-refractivity contribution in [3.63, 3.8) is 0 Å². The van der Waals surface area contributed by atoms with Gasteiger partial charge in [0.05, 0.1) is 15.9 Å². The minimum atomic E-state index is 0.582. The molecule has 262 valence electrons. The first-order valence-corrected chi connectivity index (χ1v) is 19.2. The molecule has 0 aliphatic rings. The SMILES string of the molecule is c1ccc(-c2nc(-c3ccccc3)nc(-c3ccc4c(c3)oc3cccc(-c5cccc(-c6nc(-c7ccccc7)c7sc8ccccc8c7n6)c5)c34)n2)cc1. The molecule has 7 aromatic carbocycles. The second kappa shape index (κ2) is 13.2. The quantitative estimate of drug-likeness (QED) is 0.169. The summed E-state index contributed by atoms with van der Waals surface area (Å²) in [5, 5.41) is 3.20. The first-order valence-electron chi connectivity index (χ1n) is 18.4. The maximum atomic E-state index is 6.57. The summed E-state index contributed by atoms with van der Waals surface area (Å²) in [6, 6.07) is 59.8. The molecular formula is C49H29N5OS. The molecule has 0 amide bonds. The van der Waals surface area contributed by atoms with Crippen molar-refractivity contribution < 1.29 is 4.42 Å². The highest BCUT2D eigenvalue weighted by Crippen LogP contribution is 2.41. The van der Waals surface area contributed by atoms with E-state index in [1.807, 2.05) is 84.9 Å². The molecule has 0 unspecified atom stereocenters. The number of hydrogen-bond acceptors (Lipinski definition) is 7. The molecule has 0 aliphatic carbocycles. The van der Waals surface area contributed by atoms with Gasteiger partial charge < -0.3 is 4.42 Å². The monoisotopic (exact) mass is 735 g/mol. The molecule has 0 fully saturated rings. The van der Waals surface area contributed by atoms with Crippen molar-refractivity contribution in [1.29, 1.82) is 0 Å². The lowest BCUT2D eigenvalue weighted by Crippen LogP contribution is -2.00. The predicted octanol–water partition coefficient (Wildman–Crippen LogP) is 12.9. The van der Waals surface area contributed by atoms with Crippen LogP contribution in [0, 0.1) is 0 Å². The Morgan fingerprint density at radius 1 is 0.375 bits per heavy atom. The lowest BCUT2D eigenvalue weighted by atomic mass is 9.97. The summed E-state index contributed by atoms with van der Waals surface area (Å²) >= 11 is 1.74. The van der Waals surface area contributed by atoms with Crippen LogP contribution in [0.4, 0.5) is 0 Å². The fourth-order valence-corrected chi connectivity index (χ4v) is 8.63. The Bertz CT molecular complexity index is 3190. The molecule has 56 heavy (non-hydrogen) atoms. The summed E-state index contributed by atoms with van der Waals surface area (Å²) in [5.41, 5.74) is 10.3. The normalized spacial score (nSPS) is 11.6. The van der Waals surface area contributed by atoms with E-state index in [9.17, 15) is 0 Å². The van der Waals surface area contributed by atoms with Crippen LogP contribution >= 0.6 is 11.3 Å². The third kappa shape index (κ3) is 5.52. The van der Waals surface area contributed by atoms with E-state index in [-0.39, 0.29) is 0 Å². The molecule has 0 saturated carbocycles. The standard InChI is InChI=1S/C49H29N5OS/c1-4-14-30(15-5-1)43-45-44(38-22-10-11-25-41(38)56-45)51-48(50-43)34-21-12-20-33(28-34)36-23-13-24-39-42(36)37-27-26-35(29-40(37)55-39)49-53-46(31-16-6-2-7-17-31)52-47(54-49)32-18-8-3-9-19-32/h1-29H. The molecule has 11 rings (SSSR count). The van der Waals surface area contributed by atoms with Gasteiger partial charge in [-0.15, -0.1) is 11.3 Å². The van der Waals surface area contributed by atoms with Gasteiger partial charge in [0.15, 0.2) is 23.3 Å². The van der Waals surface area contributed by atoms with E-state index in [1.165, 1.54) is 4.70 Å². The van der Waals surface area contributed by atoms with Gasteiger partial charge in [-0.25, -0.2) is 24.9 Å². The molecule has 7 heteroatoms. The van der Waals surface area contributed by atoms with E-state index >= 15 is 0 Å². The Kier molecular flexibility index (Phi) is 7.57. The van der Waals surface area contributed by atoms with Gasteiger partial charge in [0, 0.05) is 48.7 Å². The van der Waals surface area contributed by atoms with Crippen molar-refractivity contribution in [2.75, 3.05) is 0 Å². The van der Waals surface area contributed by atoms with Crippen LogP contribution in [0.1, 0.15) is 0 Å². The van der Waals surface area contributed by atoms with Crippen LogP contribution in [0.5, 0.6) is 0 Å². The molecular weight excluding hydrogens is 707 g/mol. The smallest absolute Gasteiger partial charge is 0.164 e. The summed E-state index contributed by atoms with van der Waals surface area (Å²) in [6.07, 6.45) is 0. The molecule has 0 atom stereocenters. The largest absolute Gasteiger partial charge is 0.456 e. The number of thiophene rings is 1. The van der Waals surface area contributed by atoms with Crippen LogP contribution < -0.4 is 0 Å². The highest BCUT2D eigenvalue weighted by Gasteiger charge is 2.19. The molecule has 4 aromatic heterocycles. The Hall–Kier alpha value is -7.35. The first kappa shape index (κ1) is 32.1. The van der Waals surface area contributed by atoms with E-state index in [0.29, 0.717) is 23.3 Å². The Morgan fingerprint density at radius 3 is 1.68 bits per heavy atom. The van der Waals surface area contributed by atoms with Crippen molar-refractivity contribution in [2.24, 2.45) is 0 Å². The minimum absolute atomic E-state index is 0.582. The summed E-state index contributed by atoms with van der Waals surface area (Å²) < 4.78 is 8.86. The summed E-state index contributed by atoms with van der Waals surface area (Å²) in [5.74, 6) is 2.51. The molecule has 0 bridgehead atoms. The number of hydrogen-bond donors (Lipinski definition) is 0. The number of furan rings is 1. The molecule has 0 N–H and O–H groups in total. The number of nitrogens with zero attached hydrogens (tertiary/aromatic N) is 5. The molecule has 4 heterocycles. The average Bonchev–Trinajstić information content (AvgIpc) is 3.85. The first-order chi connectivity index (χ1) is 27.7. The van der Waals surface area contributed by atoms with Crippen LogP contribution in [0.2, 0.25) is 0 Å². The van der Waals surface area contributed by atoms with Gasteiger partial charge in [-0.2, -0.15) is 0 Å². The van der Waals surface area contributed by atoms with Crippen LogP contribution in [-0.2, 0) is 0 Å². The molecule has 0 radical (unpaired) electrons. The van der Waals surface area contributed by atoms with Crippen LogP contribution in [0.25, 0.3) is 110 Å². The molecule has 0 spiro atoms. The third-order valence-electron chi connectivity index (χ3n) is 10.2. The van der Waals surface area contributed by atoms with Crippen molar-refractivity contribution in [1.82, 2.24) is 24.9 Å². The van der Waals surface area contributed by atoms with Gasteiger partial charge in [0.2, 0.25) is 0 Å². The summed E-state index contributed by atoms with van der Waals surface area (Å²) in [4.78, 5) is 25.2. The zero-order valence-electron chi connectivity index (χ0n) is 29.8. The fourth-order valence-electron chi connectivity index (χ4n) is 7.48. The highest BCUT2D eigenvalue weighted by molar-refractivity contribution is 7.26. The van der Waals surface area contributed by atoms with Crippen molar-refractivity contribution >= 4 is 53.6 Å². The minimum Gasteiger partial charge on any atom is -0.456 e. The lowest BCUT2D eigenvalue weighted by Gasteiger charge is -2.09. The predicted molar refractivity (Wildman–Crippen MR) is 228 cm³/mol. The number of rotatable bonds is 6.